The third-order valence-corrected chi connectivity index (χ3v) is 4.60. The average Bonchev–Trinajstić information content (AvgIpc) is 3.10. The van der Waals surface area contributed by atoms with Crippen LogP contribution in [0.5, 0.6) is 0 Å². The Morgan fingerprint density at radius 1 is 1.53 bits per heavy atom. The minimum absolute atomic E-state index is 0.0355. The second-order valence-corrected chi connectivity index (χ2v) is 6.21. The van der Waals surface area contributed by atoms with Crippen molar-refractivity contribution < 1.29 is 9.53 Å². The number of morpholine rings is 1. The molecule has 1 aromatic heterocycles. The summed E-state index contributed by atoms with van der Waals surface area (Å²) in [5.74, 6) is 0.453. The Morgan fingerprint density at radius 3 is 3.11 bits per heavy atom. The number of ether oxygens (including phenoxy) is 1. The van der Waals surface area contributed by atoms with Crippen LogP contribution in [0.25, 0.3) is 0 Å². The number of hydrogen-bond donors (Lipinski definition) is 1. The van der Waals surface area contributed by atoms with E-state index in [4.69, 9.17) is 4.74 Å². The van der Waals surface area contributed by atoms with E-state index in [1.54, 1.807) is 11.3 Å². The van der Waals surface area contributed by atoms with Gasteiger partial charge in [0.15, 0.2) is 0 Å². The molecule has 1 amide bonds. The summed E-state index contributed by atoms with van der Waals surface area (Å²) in [6, 6.07) is 2.09. The zero-order valence-corrected chi connectivity index (χ0v) is 12.0. The number of amides is 1. The number of nitrogens with zero attached hydrogens (tertiary/aromatic N) is 1. The molecule has 3 heterocycles. The van der Waals surface area contributed by atoms with Crippen LogP contribution in [0, 0.1) is 5.92 Å². The van der Waals surface area contributed by atoms with Gasteiger partial charge in [-0.1, -0.05) is 0 Å². The van der Waals surface area contributed by atoms with Crippen LogP contribution in [-0.4, -0.2) is 43.1 Å². The number of thiophene rings is 1. The van der Waals surface area contributed by atoms with Gasteiger partial charge < -0.3 is 15.0 Å². The standard InChI is InChI=1S/C14H20N2O2S/c1-10-7-16(14(17)11-2-4-15-6-11)8-13(18-10)12-3-5-19-9-12/h3,5,9-11,13,15H,2,4,6-8H2,1H3. The molecule has 104 valence electrons. The highest BCUT2D eigenvalue weighted by Gasteiger charge is 2.33. The normalized spacial score (nSPS) is 31.6. The number of rotatable bonds is 2. The SMILES string of the molecule is CC1CN(C(=O)C2CCNC2)CC(c2ccsc2)O1. The first-order chi connectivity index (χ1) is 9.24. The summed E-state index contributed by atoms with van der Waals surface area (Å²) in [7, 11) is 0. The Bertz CT molecular complexity index is 429. The predicted molar refractivity (Wildman–Crippen MR) is 75.2 cm³/mol. The Morgan fingerprint density at radius 2 is 2.42 bits per heavy atom. The summed E-state index contributed by atoms with van der Waals surface area (Å²) in [5.41, 5.74) is 1.19. The van der Waals surface area contributed by atoms with E-state index in [-0.39, 0.29) is 18.1 Å². The molecule has 2 aliphatic heterocycles. The second kappa shape index (κ2) is 5.61. The van der Waals surface area contributed by atoms with Gasteiger partial charge in [0.2, 0.25) is 5.91 Å². The molecule has 2 saturated heterocycles. The van der Waals surface area contributed by atoms with Crippen molar-refractivity contribution in [1.82, 2.24) is 10.2 Å². The minimum Gasteiger partial charge on any atom is -0.367 e. The van der Waals surface area contributed by atoms with E-state index in [0.717, 1.165) is 26.1 Å². The molecule has 2 aliphatic rings. The lowest BCUT2D eigenvalue weighted by atomic mass is 10.0. The maximum atomic E-state index is 12.5. The molecule has 3 atom stereocenters. The molecular formula is C14H20N2O2S. The van der Waals surface area contributed by atoms with E-state index in [1.165, 1.54) is 5.56 Å². The molecule has 5 heteroatoms. The minimum atomic E-state index is 0.0355. The van der Waals surface area contributed by atoms with Crippen molar-refractivity contribution in [3.05, 3.63) is 22.4 Å². The van der Waals surface area contributed by atoms with Crippen LogP contribution in [0.4, 0.5) is 0 Å². The summed E-state index contributed by atoms with van der Waals surface area (Å²) in [6.45, 7) is 5.25. The van der Waals surface area contributed by atoms with E-state index in [0.29, 0.717) is 12.5 Å². The Kier molecular flexibility index (Phi) is 3.86. The molecule has 19 heavy (non-hydrogen) atoms. The van der Waals surface area contributed by atoms with Gasteiger partial charge in [-0.05, 0) is 42.3 Å². The highest BCUT2D eigenvalue weighted by molar-refractivity contribution is 7.07. The second-order valence-electron chi connectivity index (χ2n) is 5.42. The highest BCUT2D eigenvalue weighted by atomic mass is 32.1. The van der Waals surface area contributed by atoms with Crippen molar-refractivity contribution >= 4 is 17.2 Å². The molecule has 0 aromatic carbocycles. The molecule has 1 aromatic rings. The summed E-state index contributed by atoms with van der Waals surface area (Å²) in [4.78, 5) is 14.5. The first-order valence-electron chi connectivity index (χ1n) is 6.91. The van der Waals surface area contributed by atoms with Crippen molar-refractivity contribution in [3.8, 4) is 0 Å². The molecule has 1 N–H and O–H groups in total. The van der Waals surface area contributed by atoms with Crippen LogP contribution in [0.3, 0.4) is 0 Å². The zero-order chi connectivity index (χ0) is 13.2. The van der Waals surface area contributed by atoms with Crippen LogP contribution in [0.15, 0.2) is 16.8 Å². The fourth-order valence-electron chi connectivity index (χ4n) is 2.90. The Labute approximate surface area is 117 Å². The molecule has 0 radical (unpaired) electrons. The quantitative estimate of drug-likeness (QED) is 0.895. The number of carbonyl (C=O) groups excluding carboxylic acids is 1. The van der Waals surface area contributed by atoms with Gasteiger partial charge in [0.05, 0.1) is 18.6 Å². The smallest absolute Gasteiger partial charge is 0.227 e. The third-order valence-electron chi connectivity index (χ3n) is 3.90. The van der Waals surface area contributed by atoms with Crippen LogP contribution in [0.1, 0.15) is 25.0 Å². The summed E-state index contributed by atoms with van der Waals surface area (Å²) in [5, 5.41) is 7.44. The molecule has 0 aliphatic carbocycles. The van der Waals surface area contributed by atoms with E-state index in [2.05, 4.69) is 22.1 Å². The lowest BCUT2D eigenvalue weighted by Gasteiger charge is -2.37. The van der Waals surface area contributed by atoms with Gasteiger partial charge in [0.25, 0.3) is 0 Å². The van der Waals surface area contributed by atoms with Crippen molar-refractivity contribution in [3.63, 3.8) is 0 Å². The zero-order valence-electron chi connectivity index (χ0n) is 11.2. The van der Waals surface area contributed by atoms with Crippen molar-refractivity contribution in [1.29, 1.82) is 0 Å². The van der Waals surface area contributed by atoms with Gasteiger partial charge in [-0.3, -0.25) is 4.79 Å². The third kappa shape index (κ3) is 2.83. The van der Waals surface area contributed by atoms with Crippen molar-refractivity contribution in [2.24, 2.45) is 5.92 Å². The maximum Gasteiger partial charge on any atom is 0.227 e. The number of hydrogen-bond acceptors (Lipinski definition) is 4. The van der Waals surface area contributed by atoms with Gasteiger partial charge in [0, 0.05) is 13.1 Å². The van der Waals surface area contributed by atoms with Crippen LogP contribution in [0.2, 0.25) is 0 Å². The molecule has 0 spiro atoms. The van der Waals surface area contributed by atoms with Crippen LogP contribution in [-0.2, 0) is 9.53 Å². The molecule has 4 nitrogen and oxygen atoms in total. The topological polar surface area (TPSA) is 41.6 Å². The highest BCUT2D eigenvalue weighted by Crippen LogP contribution is 2.28. The average molecular weight is 280 g/mol. The maximum absolute atomic E-state index is 12.5. The molecule has 0 saturated carbocycles. The molecule has 3 rings (SSSR count). The number of nitrogens with one attached hydrogen (secondary N) is 1. The van der Waals surface area contributed by atoms with Gasteiger partial charge in [0.1, 0.15) is 6.10 Å². The van der Waals surface area contributed by atoms with E-state index in [1.807, 2.05) is 11.8 Å². The van der Waals surface area contributed by atoms with Gasteiger partial charge in [-0.25, -0.2) is 0 Å². The van der Waals surface area contributed by atoms with Crippen molar-refractivity contribution in [2.45, 2.75) is 25.6 Å². The van der Waals surface area contributed by atoms with Crippen LogP contribution < -0.4 is 5.32 Å². The van der Waals surface area contributed by atoms with Gasteiger partial charge in [-0.15, -0.1) is 0 Å². The summed E-state index contributed by atoms with van der Waals surface area (Å²) >= 11 is 1.68. The molecule has 3 unspecified atom stereocenters. The summed E-state index contributed by atoms with van der Waals surface area (Å²) < 4.78 is 5.97. The molecular weight excluding hydrogens is 260 g/mol. The first-order valence-corrected chi connectivity index (χ1v) is 7.85. The lowest BCUT2D eigenvalue weighted by Crippen LogP contribution is -2.48. The largest absolute Gasteiger partial charge is 0.367 e. The fraction of sp³-hybridized carbons (Fsp3) is 0.643. The van der Waals surface area contributed by atoms with Gasteiger partial charge >= 0.3 is 0 Å². The van der Waals surface area contributed by atoms with E-state index in [9.17, 15) is 4.79 Å². The van der Waals surface area contributed by atoms with Gasteiger partial charge in [-0.2, -0.15) is 11.3 Å². The van der Waals surface area contributed by atoms with E-state index < -0.39 is 0 Å². The Balaban J connectivity index is 1.69. The van der Waals surface area contributed by atoms with Crippen LogP contribution >= 0.6 is 11.3 Å². The van der Waals surface area contributed by atoms with Crippen molar-refractivity contribution in [2.75, 3.05) is 26.2 Å². The summed E-state index contributed by atoms with van der Waals surface area (Å²) in [6.07, 6.45) is 1.11. The molecule has 2 fully saturated rings. The predicted octanol–water partition coefficient (Wildman–Crippen LogP) is 1.65. The van der Waals surface area contributed by atoms with E-state index >= 15 is 0 Å². The number of carbonyl (C=O) groups is 1. The fourth-order valence-corrected chi connectivity index (χ4v) is 3.60. The lowest BCUT2D eigenvalue weighted by molar-refractivity contribution is -0.148. The Hall–Kier alpha value is -0.910. The molecule has 0 bridgehead atoms. The monoisotopic (exact) mass is 280 g/mol. The first kappa shape index (κ1) is 13.1.